The molecular weight excluding hydrogens is 328 g/mol. The number of carbonyl (C=O) groups excluding carboxylic acids is 2. The number of hydrogen-bond acceptors (Lipinski definition) is 3. The number of carbonyl (C=O) groups is 2. The monoisotopic (exact) mass is 352 g/mol. The van der Waals surface area contributed by atoms with Crippen LogP contribution in [0.4, 0.5) is 0 Å². The van der Waals surface area contributed by atoms with Crippen molar-refractivity contribution < 1.29 is 9.59 Å². The second-order valence-corrected chi connectivity index (χ2v) is 7.14. The summed E-state index contributed by atoms with van der Waals surface area (Å²) in [6.45, 7) is 5.31. The third kappa shape index (κ3) is 3.93. The normalized spacial score (nSPS) is 15.3. The third-order valence-corrected chi connectivity index (χ3v) is 5.01. The van der Waals surface area contributed by atoms with Gasteiger partial charge in [-0.2, -0.15) is 0 Å². The number of aromatic amines is 1. The van der Waals surface area contributed by atoms with Gasteiger partial charge in [-0.05, 0) is 30.4 Å². The Labute approximate surface area is 153 Å². The standard InChI is InChI=1S/C21H24N2O3/c1-14(2)15-6-8-16(9-7-15)20(25)17-10-12-23(13-11-17)21(26)18-4-3-5-19(24)22-18/h3-9,14,17H,10-13H2,1-2H3,(H,22,24). The molecule has 1 aromatic carbocycles. The summed E-state index contributed by atoms with van der Waals surface area (Å²) in [6, 6.07) is 12.4. The Morgan fingerprint density at radius 2 is 1.69 bits per heavy atom. The molecule has 136 valence electrons. The van der Waals surface area contributed by atoms with Crippen molar-refractivity contribution in [2.24, 2.45) is 5.92 Å². The van der Waals surface area contributed by atoms with E-state index in [2.05, 4.69) is 18.8 Å². The first-order valence-corrected chi connectivity index (χ1v) is 9.08. The maximum atomic E-state index is 12.7. The van der Waals surface area contributed by atoms with Crippen LogP contribution in [0.5, 0.6) is 0 Å². The van der Waals surface area contributed by atoms with E-state index in [1.165, 1.54) is 11.6 Å². The zero-order chi connectivity index (χ0) is 18.7. The predicted molar refractivity (Wildman–Crippen MR) is 101 cm³/mol. The lowest BCUT2D eigenvalue weighted by atomic mass is 9.88. The van der Waals surface area contributed by atoms with Gasteiger partial charge in [-0.25, -0.2) is 0 Å². The summed E-state index contributed by atoms with van der Waals surface area (Å²) in [5, 5.41) is 0. The minimum atomic E-state index is -0.286. The van der Waals surface area contributed by atoms with Crippen molar-refractivity contribution in [3.63, 3.8) is 0 Å². The van der Waals surface area contributed by atoms with Gasteiger partial charge in [0.25, 0.3) is 5.91 Å². The molecule has 0 radical (unpaired) electrons. The zero-order valence-corrected chi connectivity index (χ0v) is 15.2. The van der Waals surface area contributed by atoms with Crippen LogP contribution >= 0.6 is 0 Å². The minimum Gasteiger partial charge on any atom is -0.337 e. The van der Waals surface area contributed by atoms with E-state index in [9.17, 15) is 14.4 Å². The average molecular weight is 352 g/mol. The van der Waals surface area contributed by atoms with E-state index in [1.807, 2.05) is 24.3 Å². The molecule has 1 aliphatic rings. The molecule has 5 nitrogen and oxygen atoms in total. The maximum absolute atomic E-state index is 12.7. The predicted octanol–water partition coefficient (Wildman–Crippen LogP) is 3.23. The smallest absolute Gasteiger partial charge is 0.270 e. The van der Waals surface area contributed by atoms with Gasteiger partial charge in [0.2, 0.25) is 5.56 Å². The number of Topliss-reactive ketones (excluding diaryl/α,β-unsaturated/α-hetero) is 1. The molecule has 2 heterocycles. The van der Waals surface area contributed by atoms with Crippen molar-refractivity contribution in [1.82, 2.24) is 9.88 Å². The summed E-state index contributed by atoms with van der Waals surface area (Å²) in [4.78, 5) is 40.8. The molecule has 26 heavy (non-hydrogen) atoms. The minimum absolute atomic E-state index is 0.0567. The Hall–Kier alpha value is -2.69. The van der Waals surface area contributed by atoms with E-state index in [1.54, 1.807) is 17.0 Å². The Morgan fingerprint density at radius 3 is 2.27 bits per heavy atom. The Morgan fingerprint density at radius 1 is 1.04 bits per heavy atom. The van der Waals surface area contributed by atoms with Crippen LogP contribution in [0.15, 0.2) is 47.3 Å². The topological polar surface area (TPSA) is 70.2 Å². The Bertz CT molecular complexity index is 844. The molecule has 1 amide bonds. The van der Waals surface area contributed by atoms with Crippen molar-refractivity contribution in [3.8, 4) is 0 Å². The molecule has 0 atom stereocenters. The van der Waals surface area contributed by atoms with Crippen LogP contribution in [-0.4, -0.2) is 34.7 Å². The second kappa shape index (κ2) is 7.68. The lowest BCUT2D eigenvalue weighted by Gasteiger charge is -2.31. The number of benzene rings is 1. The van der Waals surface area contributed by atoms with E-state index in [4.69, 9.17) is 0 Å². The molecule has 0 unspecified atom stereocenters. The van der Waals surface area contributed by atoms with E-state index < -0.39 is 0 Å². The molecule has 1 aromatic heterocycles. The molecule has 0 saturated carbocycles. The largest absolute Gasteiger partial charge is 0.337 e. The lowest BCUT2D eigenvalue weighted by Crippen LogP contribution is -2.41. The van der Waals surface area contributed by atoms with Crippen LogP contribution < -0.4 is 5.56 Å². The van der Waals surface area contributed by atoms with Gasteiger partial charge < -0.3 is 9.88 Å². The molecule has 1 saturated heterocycles. The quantitative estimate of drug-likeness (QED) is 0.859. The number of nitrogens with zero attached hydrogens (tertiary/aromatic N) is 1. The number of aromatic nitrogens is 1. The number of rotatable bonds is 4. The average Bonchev–Trinajstić information content (AvgIpc) is 2.67. The van der Waals surface area contributed by atoms with E-state index in [-0.39, 0.29) is 23.2 Å². The summed E-state index contributed by atoms with van der Waals surface area (Å²) in [6.07, 6.45) is 1.29. The highest BCUT2D eigenvalue weighted by atomic mass is 16.2. The first-order valence-electron chi connectivity index (χ1n) is 9.08. The molecule has 0 spiro atoms. The molecule has 1 fully saturated rings. The van der Waals surface area contributed by atoms with Crippen molar-refractivity contribution in [2.75, 3.05) is 13.1 Å². The summed E-state index contributed by atoms with van der Waals surface area (Å²) >= 11 is 0. The fourth-order valence-electron chi connectivity index (χ4n) is 3.36. The maximum Gasteiger partial charge on any atom is 0.270 e. The van der Waals surface area contributed by atoms with Gasteiger partial charge in [0.15, 0.2) is 5.78 Å². The number of amides is 1. The van der Waals surface area contributed by atoms with Crippen LogP contribution in [0.3, 0.4) is 0 Å². The first kappa shape index (κ1) is 18.1. The fraction of sp³-hybridized carbons (Fsp3) is 0.381. The molecule has 1 aliphatic heterocycles. The number of nitrogens with one attached hydrogen (secondary N) is 1. The van der Waals surface area contributed by atoms with Gasteiger partial charge >= 0.3 is 0 Å². The third-order valence-electron chi connectivity index (χ3n) is 5.01. The highest BCUT2D eigenvalue weighted by Gasteiger charge is 2.28. The molecular formula is C21H24N2O3. The van der Waals surface area contributed by atoms with Gasteiger partial charge in [-0.1, -0.05) is 44.2 Å². The van der Waals surface area contributed by atoms with Crippen molar-refractivity contribution >= 4 is 11.7 Å². The van der Waals surface area contributed by atoms with Crippen molar-refractivity contribution in [3.05, 3.63) is 69.6 Å². The van der Waals surface area contributed by atoms with Gasteiger partial charge in [-0.3, -0.25) is 14.4 Å². The van der Waals surface area contributed by atoms with Crippen LogP contribution in [0.25, 0.3) is 0 Å². The summed E-state index contributed by atoms with van der Waals surface area (Å²) < 4.78 is 0. The van der Waals surface area contributed by atoms with Crippen molar-refractivity contribution in [2.45, 2.75) is 32.6 Å². The van der Waals surface area contributed by atoms with Gasteiger partial charge in [0, 0.05) is 30.6 Å². The van der Waals surface area contributed by atoms with E-state index >= 15 is 0 Å². The summed E-state index contributed by atoms with van der Waals surface area (Å²) in [5.74, 6) is 0.354. The molecule has 0 bridgehead atoms. The van der Waals surface area contributed by atoms with E-state index in [0.717, 1.165) is 5.56 Å². The number of likely N-dealkylation sites (tertiary alicyclic amines) is 1. The number of ketones is 1. The van der Waals surface area contributed by atoms with Gasteiger partial charge in [0.05, 0.1) is 0 Å². The SMILES string of the molecule is CC(C)c1ccc(C(=O)C2CCN(C(=O)c3cccc(=O)[nH]3)CC2)cc1. The number of hydrogen-bond donors (Lipinski definition) is 1. The first-order chi connectivity index (χ1) is 12.5. The Balaban J connectivity index is 1.61. The highest BCUT2D eigenvalue weighted by molar-refractivity contribution is 5.98. The fourth-order valence-corrected chi connectivity index (χ4v) is 3.36. The molecule has 2 aromatic rings. The Kier molecular flexibility index (Phi) is 5.35. The molecule has 5 heteroatoms. The zero-order valence-electron chi connectivity index (χ0n) is 15.2. The van der Waals surface area contributed by atoms with Crippen LogP contribution in [-0.2, 0) is 0 Å². The summed E-state index contributed by atoms with van der Waals surface area (Å²) in [7, 11) is 0. The van der Waals surface area contributed by atoms with Gasteiger partial charge in [0.1, 0.15) is 5.69 Å². The van der Waals surface area contributed by atoms with Crippen LogP contribution in [0.2, 0.25) is 0 Å². The molecule has 0 aliphatic carbocycles. The lowest BCUT2D eigenvalue weighted by molar-refractivity contribution is 0.0645. The van der Waals surface area contributed by atoms with Crippen molar-refractivity contribution in [1.29, 1.82) is 0 Å². The number of pyridine rings is 1. The second-order valence-electron chi connectivity index (χ2n) is 7.14. The van der Waals surface area contributed by atoms with Crippen LogP contribution in [0, 0.1) is 5.92 Å². The number of H-pyrrole nitrogens is 1. The van der Waals surface area contributed by atoms with E-state index in [0.29, 0.717) is 37.5 Å². The molecule has 1 N–H and O–H groups in total. The highest BCUT2D eigenvalue weighted by Crippen LogP contribution is 2.24. The molecule has 3 rings (SSSR count). The summed E-state index contributed by atoms with van der Waals surface area (Å²) in [5.41, 5.74) is 1.97. The van der Waals surface area contributed by atoms with Gasteiger partial charge in [-0.15, -0.1) is 0 Å². The number of piperidine rings is 1. The van der Waals surface area contributed by atoms with Crippen LogP contribution in [0.1, 0.15) is 59.0 Å².